The van der Waals surface area contributed by atoms with Gasteiger partial charge in [0, 0.05) is 57.0 Å². The number of Topliss-reactive ketones (excluding diaryl/α,β-unsaturated/α-hetero) is 1. The lowest BCUT2D eigenvalue weighted by molar-refractivity contribution is -0.117. The molecular formula is C45H83N3O5. The van der Waals surface area contributed by atoms with Crippen molar-refractivity contribution in [1.29, 1.82) is 0 Å². The molecule has 0 aliphatic rings. The molecule has 0 heterocycles. The normalized spacial score (nSPS) is 10.6. The zero-order valence-corrected chi connectivity index (χ0v) is 36.6. The van der Waals surface area contributed by atoms with Crippen molar-refractivity contribution in [3.05, 3.63) is 77.9 Å². The second kappa shape index (κ2) is 37.7. The van der Waals surface area contributed by atoms with Crippen LogP contribution in [0.3, 0.4) is 0 Å². The van der Waals surface area contributed by atoms with Crippen LogP contribution in [0.15, 0.2) is 61.2 Å². The molecule has 0 unspecified atom stereocenters. The first-order chi connectivity index (χ1) is 24.9. The number of carbonyl (C=O) groups excluding carboxylic acids is 1. The molecule has 0 saturated carbocycles. The molecule has 0 amide bonds. The van der Waals surface area contributed by atoms with Crippen LogP contribution < -0.4 is 10.6 Å². The summed E-state index contributed by atoms with van der Waals surface area (Å²) in [7, 11) is 4.16. The lowest BCUT2D eigenvalue weighted by atomic mass is 10.1. The molecule has 53 heavy (non-hydrogen) atoms. The van der Waals surface area contributed by atoms with Gasteiger partial charge in [0.05, 0.1) is 18.3 Å². The van der Waals surface area contributed by atoms with E-state index in [0.717, 1.165) is 51.3 Å². The van der Waals surface area contributed by atoms with Crippen LogP contribution in [0.4, 0.5) is 0 Å². The number of rotatable bonds is 21. The number of benzene rings is 2. The summed E-state index contributed by atoms with van der Waals surface area (Å²) in [5.74, 6) is 0.362. The molecule has 0 aliphatic heterocycles. The third-order valence-electron chi connectivity index (χ3n) is 6.83. The van der Waals surface area contributed by atoms with E-state index in [-0.39, 0.29) is 17.6 Å². The molecular weight excluding hydrogens is 663 g/mol. The van der Waals surface area contributed by atoms with Crippen molar-refractivity contribution in [3.8, 4) is 0 Å². The lowest BCUT2D eigenvalue weighted by Gasteiger charge is -2.10. The van der Waals surface area contributed by atoms with Crippen LogP contribution in [0.2, 0.25) is 0 Å². The van der Waals surface area contributed by atoms with E-state index in [1.54, 1.807) is 6.92 Å². The Morgan fingerprint density at radius 1 is 0.679 bits per heavy atom. The van der Waals surface area contributed by atoms with Crippen LogP contribution in [0.25, 0.3) is 5.76 Å². The molecule has 0 fully saturated rings. The second-order valence-electron chi connectivity index (χ2n) is 14.8. The van der Waals surface area contributed by atoms with Crippen LogP contribution in [-0.2, 0) is 32.1 Å². The number of unbranched alkanes of at least 4 members (excludes halogenated alkanes) is 1. The number of hydrogen-bond acceptors (Lipinski definition) is 8. The summed E-state index contributed by atoms with van der Waals surface area (Å²) in [6, 6.07) is 19.2. The predicted octanol–water partition coefficient (Wildman–Crippen LogP) is 10.3. The van der Waals surface area contributed by atoms with Gasteiger partial charge in [-0.3, -0.25) is 0 Å². The summed E-state index contributed by atoms with van der Waals surface area (Å²) in [5.41, 5.74) is 3.34. The highest BCUT2D eigenvalue weighted by atomic mass is 16.5. The topological polar surface area (TPSA) is 92.3 Å². The van der Waals surface area contributed by atoms with Gasteiger partial charge < -0.3 is 39.6 Å². The smallest absolute Gasteiger partial charge is 0.129 e. The molecule has 2 rings (SSSR count). The Labute approximate surface area is 327 Å². The van der Waals surface area contributed by atoms with Crippen LogP contribution >= 0.6 is 0 Å². The fourth-order valence-corrected chi connectivity index (χ4v) is 3.86. The Morgan fingerprint density at radius 2 is 1.09 bits per heavy atom. The van der Waals surface area contributed by atoms with Crippen molar-refractivity contribution >= 4 is 11.5 Å². The van der Waals surface area contributed by atoms with Crippen molar-refractivity contribution in [2.45, 2.75) is 159 Å². The molecule has 8 heteroatoms. The van der Waals surface area contributed by atoms with Gasteiger partial charge >= 0.3 is 0 Å². The maximum Gasteiger partial charge on any atom is 0.129 e. The van der Waals surface area contributed by atoms with E-state index in [0.29, 0.717) is 37.3 Å². The summed E-state index contributed by atoms with van der Waals surface area (Å²) in [6.07, 6.45) is 6.12. The highest BCUT2D eigenvalue weighted by Gasteiger charge is 1.98. The van der Waals surface area contributed by atoms with Gasteiger partial charge in [-0.15, -0.1) is 0 Å². The Bertz CT molecular complexity index is 1060. The molecule has 3 N–H and O–H groups in total. The van der Waals surface area contributed by atoms with Gasteiger partial charge in [-0.1, -0.05) is 102 Å². The summed E-state index contributed by atoms with van der Waals surface area (Å²) >= 11 is 0. The Morgan fingerprint density at radius 3 is 1.45 bits per heavy atom. The summed E-state index contributed by atoms with van der Waals surface area (Å²) in [5, 5.41) is 15.8. The summed E-state index contributed by atoms with van der Waals surface area (Å²) in [4.78, 5) is 12.6. The lowest BCUT2D eigenvalue weighted by Crippen LogP contribution is -2.21. The van der Waals surface area contributed by atoms with E-state index < -0.39 is 0 Å². The minimum Gasteiger partial charge on any atom is -0.508 e. The SMILES string of the molecule is C=C(O)c1ccc(CNC(C)C)cc1.CC(=O)CCCOC(C)C.CC(C)NCc1ccccc1.CC(C)OCCCN(C)C.CCCCOC(C)C. The maximum absolute atomic E-state index is 10.4. The van der Waals surface area contributed by atoms with E-state index in [2.05, 4.69) is 123 Å². The van der Waals surface area contributed by atoms with Crippen LogP contribution in [0, 0.1) is 0 Å². The molecule has 2 aromatic carbocycles. The van der Waals surface area contributed by atoms with E-state index in [9.17, 15) is 4.79 Å². The molecule has 0 radical (unpaired) electrons. The van der Waals surface area contributed by atoms with E-state index in [4.69, 9.17) is 19.3 Å². The molecule has 0 bridgehead atoms. The highest BCUT2D eigenvalue weighted by molar-refractivity contribution is 5.75. The van der Waals surface area contributed by atoms with Crippen molar-refractivity contribution < 1.29 is 24.1 Å². The molecule has 2 aromatic rings. The molecule has 8 nitrogen and oxygen atoms in total. The zero-order valence-electron chi connectivity index (χ0n) is 36.6. The van der Waals surface area contributed by atoms with Gasteiger partial charge in [0.25, 0.3) is 0 Å². The van der Waals surface area contributed by atoms with Crippen LogP contribution in [-0.4, -0.2) is 86.6 Å². The van der Waals surface area contributed by atoms with Crippen molar-refractivity contribution in [1.82, 2.24) is 15.5 Å². The number of aliphatic hydroxyl groups excluding tert-OH is 1. The van der Waals surface area contributed by atoms with Crippen molar-refractivity contribution in [2.24, 2.45) is 0 Å². The Balaban J connectivity index is -0.000000598. The first-order valence-electron chi connectivity index (χ1n) is 19.9. The first-order valence-corrected chi connectivity index (χ1v) is 19.9. The zero-order chi connectivity index (χ0) is 41.0. The first kappa shape index (κ1) is 54.8. The number of nitrogens with zero attached hydrogens (tertiary/aromatic N) is 1. The monoisotopic (exact) mass is 746 g/mol. The van der Waals surface area contributed by atoms with E-state index in [1.165, 1.54) is 24.0 Å². The van der Waals surface area contributed by atoms with E-state index in [1.807, 2.05) is 44.2 Å². The summed E-state index contributed by atoms with van der Waals surface area (Å²) in [6.45, 7) is 33.5. The average molecular weight is 746 g/mol. The Hall–Kier alpha value is -2.59. The molecule has 0 aromatic heterocycles. The van der Waals surface area contributed by atoms with Gasteiger partial charge in [-0.05, 0) is 99.5 Å². The van der Waals surface area contributed by atoms with Gasteiger partial charge in [0.2, 0.25) is 0 Å². The quantitative estimate of drug-likeness (QED) is 0.0859. The molecule has 308 valence electrons. The van der Waals surface area contributed by atoms with Crippen LogP contribution in [0.5, 0.6) is 0 Å². The second-order valence-corrected chi connectivity index (χ2v) is 14.8. The number of ketones is 1. The van der Waals surface area contributed by atoms with Crippen LogP contribution in [0.1, 0.15) is 132 Å². The fraction of sp³-hybridized carbons (Fsp3) is 0.667. The Kier molecular flexibility index (Phi) is 39.0. The average Bonchev–Trinajstić information content (AvgIpc) is 3.08. The number of ether oxygens (including phenoxy) is 3. The predicted molar refractivity (Wildman–Crippen MR) is 230 cm³/mol. The third-order valence-corrected chi connectivity index (χ3v) is 6.83. The minimum absolute atomic E-state index is 0.119. The third kappa shape index (κ3) is 47.4. The highest BCUT2D eigenvalue weighted by Crippen LogP contribution is 2.10. The van der Waals surface area contributed by atoms with Gasteiger partial charge in [0.15, 0.2) is 0 Å². The molecule has 0 spiro atoms. The number of hydrogen-bond donors (Lipinski definition) is 3. The number of carbonyl (C=O) groups is 1. The maximum atomic E-state index is 10.4. The van der Waals surface area contributed by atoms with Gasteiger partial charge in [-0.25, -0.2) is 0 Å². The fourth-order valence-electron chi connectivity index (χ4n) is 3.86. The van der Waals surface area contributed by atoms with Crippen molar-refractivity contribution in [3.63, 3.8) is 0 Å². The largest absolute Gasteiger partial charge is 0.508 e. The van der Waals surface area contributed by atoms with Gasteiger partial charge in [0.1, 0.15) is 11.5 Å². The van der Waals surface area contributed by atoms with Crippen molar-refractivity contribution in [2.75, 3.05) is 40.5 Å². The van der Waals surface area contributed by atoms with Gasteiger partial charge in [-0.2, -0.15) is 0 Å². The molecule has 0 aliphatic carbocycles. The summed E-state index contributed by atoms with van der Waals surface area (Å²) < 4.78 is 15.9. The number of aliphatic hydroxyl groups is 1. The molecule has 0 atom stereocenters. The standard InChI is InChI=1S/C12H17NO.C10H15N.C8H19NO.C8H16O2.C7H16O/c1-9(2)13-8-11-4-6-12(7-5-11)10(3)14;1-9(2)11-8-10-6-4-3-5-7-10;1-8(2)10-7-5-6-9(3)4;1-7(2)10-6-4-5-8(3)9;1-4-5-6-8-7(2)3/h4-7,9,13-14H,3,8H2,1-2H3;3-7,9,11H,8H2,1-2H3;8H,5-7H2,1-4H3;7H,4-6H2,1-3H3;7H,4-6H2,1-3H3. The van der Waals surface area contributed by atoms with E-state index >= 15 is 0 Å². The minimum atomic E-state index is 0.119. The molecule has 0 saturated heterocycles. The number of nitrogens with one attached hydrogen (secondary N) is 2.